The van der Waals surface area contributed by atoms with Gasteiger partial charge in [0.2, 0.25) is 0 Å². The van der Waals surface area contributed by atoms with E-state index in [9.17, 15) is 8.78 Å². The van der Waals surface area contributed by atoms with E-state index in [-0.39, 0.29) is 5.56 Å². The van der Waals surface area contributed by atoms with Gasteiger partial charge in [0.15, 0.2) is 0 Å². The van der Waals surface area contributed by atoms with Crippen molar-refractivity contribution in [3.8, 4) is 0 Å². The first-order valence-corrected chi connectivity index (χ1v) is 5.44. The van der Waals surface area contributed by atoms with Crippen molar-refractivity contribution in [1.29, 1.82) is 0 Å². The van der Waals surface area contributed by atoms with Crippen LogP contribution in [0.2, 0.25) is 0 Å². The number of hydrogen-bond acceptors (Lipinski definition) is 2. The Kier molecular flexibility index (Phi) is 3.85. The molecular formula is C12H15F2NO. The van der Waals surface area contributed by atoms with Gasteiger partial charge in [0.25, 0.3) is 6.43 Å². The topological polar surface area (TPSA) is 21.3 Å². The Labute approximate surface area is 93.6 Å². The Hall–Kier alpha value is -1.00. The van der Waals surface area contributed by atoms with Crippen LogP contribution in [-0.2, 0) is 11.3 Å². The molecule has 1 aromatic carbocycles. The smallest absolute Gasteiger partial charge is 0.263 e. The summed E-state index contributed by atoms with van der Waals surface area (Å²) >= 11 is 0. The van der Waals surface area contributed by atoms with Crippen LogP contribution in [0, 0.1) is 0 Å². The summed E-state index contributed by atoms with van der Waals surface area (Å²) in [5, 5.41) is 3.29. The van der Waals surface area contributed by atoms with Crippen molar-refractivity contribution in [2.24, 2.45) is 0 Å². The zero-order valence-electron chi connectivity index (χ0n) is 8.96. The molecule has 16 heavy (non-hydrogen) atoms. The van der Waals surface area contributed by atoms with Crippen molar-refractivity contribution in [3.63, 3.8) is 0 Å². The number of nitrogens with one attached hydrogen (secondary N) is 1. The van der Waals surface area contributed by atoms with Crippen LogP contribution in [0.5, 0.6) is 0 Å². The zero-order valence-corrected chi connectivity index (χ0v) is 8.96. The Balaban J connectivity index is 1.90. The molecule has 1 N–H and O–H groups in total. The Morgan fingerprint density at radius 1 is 1.44 bits per heavy atom. The molecule has 0 radical (unpaired) electrons. The molecule has 0 aliphatic carbocycles. The fourth-order valence-corrected chi connectivity index (χ4v) is 1.80. The van der Waals surface area contributed by atoms with Crippen molar-refractivity contribution >= 4 is 0 Å². The van der Waals surface area contributed by atoms with E-state index in [2.05, 4.69) is 5.32 Å². The Bertz CT molecular complexity index is 338. The van der Waals surface area contributed by atoms with E-state index in [1.54, 1.807) is 12.1 Å². The molecule has 2 nitrogen and oxygen atoms in total. The van der Waals surface area contributed by atoms with Gasteiger partial charge in [-0.2, -0.15) is 0 Å². The first-order chi connectivity index (χ1) is 7.75. The minimum absolute atomic E-state index is 0.0852. The molecule has 0 saturated carbocycles. The standard InChI is InChI=1S/C12H15F2NO/c13-12(14)10-3-1-2-9(6-10)7-15-11-4-5-16-8-11/h1-3,6,11-12,15H,4-5,7-8H2. The summed E-state index contributed by atoms with van der Waals surface area (Å²) in [4.78, 5) is 0. The molecule has 1 aromatic rings. The second-order valence-corrected chi connectivity index (χ2v) is 3.99. The van der Waals surface area contributed by atoms with Gasteiger partial charge in [-0.15, -0.1) is 0 Å². The molecule has 2 rings (SSSR count). The van der Waals surface area contributed by atoms with Gasteiger partial charge in [0.1, 0.15) is 0 Å². The van der Waals surface area contributed by atoms with Crippen LogP contribution in [0.25, 0.3) is 0 Å². The van der Waals surface area contributed by atoms with Crippen LogP contribution < -0.4 is 5.32 Å². The highest BCUT2D eigenvalue weighted by Crippen LogP contribution is 2.19. The van der Waals surface area contributed by atoms with E-state index < -0.39 is 6.43 Å². The maximum absolute atomic E-state index is 12.4. The summed E-state index contributed by atoms with van der Waals surface area (Å²) in [6.07, 6.45) is -1.40. The maximum atomic E-state index is 12.4. The van der Waals surface area contributed by atoms with Crippen LogP contribution in [0.15, 0.2) is 24.3 Å². The van der Waals surface area contributed by atoms with Gasteiger partial charge < -0.3 is 10.1 Å². The second-order valence-electron chi connectivity index (χ2n) is 3.99. The molecule has 0 aromatic heterocycles. The van der Waals surface area contributed by atoms with Gasteiger partial charge in [-0.3, -0.25) is 0 Å². The molecule has 1 aliphatic heterocycles. The van der Waals surface area contributed by atoms with Crippen LogP contribution >= 0.6 is 0 Å². The molecule has 1 heterocycles. The number of hydrogen-bond donors (Lipinski definition) is 1. The highest BCUT2D eigenvalue weighted by Gasteiger charge is 2.14. The normalized spacial score (nSPS) is 20.6. The molecular weight excluding hydrogens is 212 g/mol. The number of ether oxygens (including phenoxy) is 1. The average Bonchev–Trinajstić information content (AvgIpc) is 2.79. The number of alkyl halides is 2. The van der Waals surface area contributed by atoms with Crippen LogP contribution in [0.4, 0.5) is 8.78 Å². The van der Waals surface area contributed by atoms with E-state index in [1.807, 2.05) is 6.07 Å². The summed E-state index contributed by atoms with van der Waals surface area (Å²) in [6, 6.07) is 6.88. The lowest BCUT2D eigenvalue weighted by Gasteiger charge is -2.11. The van der Waals surface area contributed by atoms with Gasteiger partial charge in [-0.05, 0) is 18.1 Å². The van der Waals surface area contributed by atoms with Gasteiger partial charge in [-0.1, -0.05) is 18.2 Å². The van der Waals surface area contributed by atoms with Crippen LogP contribution in [0.3, 0.4) is 0 Å². The predicted octanol–water partition coefficient (Wildman–Crippen LogP) is 2.50. The first-order valence-electron chi connectivity index (χ1n) is 5.44. The molecule has 1 atom stereocenters. The Morgan fingerprint density at radius 2 is 2.31 bits per heavy atom. The fraction of sp³-hybridized carbons (Fsp3) is 0.500. The number of benzene rings is 1. The van der Waals surface area contributed by atoms with Crippen LogP contribution in [0.1, 0.15) is 24.0 Å². The third kappa shape index (κ3) is 3.00. The summed E-state index contributed by atoms with van der Waals surface area (Å²) in [5.41, 5.74) is 0.978. The lowest BCUT2D eigenvalue weighted by molar-refractivity contribution is 0.151. The lowest BCUT2D eigenvalue weighted by Crippen LogP contribution is -2.28. The quantitative estimate of drug-likeness (QED) is 0.853. The van der Waals surface area contributed by atoms with E-state index in [0.717, 1.165) is 18.6 Å². The molecule has 0 bridgehead atoms. The first kappa shape index (κ1) is 11.5. The molecule has 1 unspecified atom stereocenters. The molecule has 0 amide bonds. The molecule has 1 saturated heterocycles. The molecule has 88 valence electrons. The Morgan fingerprint density at radius 3 is 3.00 bits per heavy atom. The molecule has 4 heteroatoms. The van der Waals surface area contributed by atoms with Gasteiger partial charge in [0.05, 0.1) is 6.61 Å². The van der Waals surface area contributed by atoms with Crippen molar-refractivity contribution < 1.29 is 13.5 Å². The third-order valence-electron chi connectivity index (χ3n) is 2.73. The van der Waals surface area contributed by atoms with Gasteiger partial charge >= 0.3 is 0 Å². The highest BCUT2D eigenvalue weighted by molar-refractivity contribution is 5.24. The minimum atomic E-state index is -2.39. The van der Waals surface area contributed by atoms with E-state index >= 15 is 0 Å². The number of halogens is 2. The summed E-state index contributed by atoms with van der Waals surface area (Å²) < 4.78 is 30.1. The monoisotopic (exact) mass is 227 g/mol. The van der Waals surface area contributed by atoms with Crippen molar-refractivity contribution in [1.82, 2.24) is 5.32 Å². The molecule has 1 fully saturated rings. The highest BCUT2D eigenvalue weighted by atomic mass is 19.3. The summed E-state index contributed by atoms with van der Waals surface area (Å²) in [5.74, 6) is 0. The lowest BCUT2D eigenvalue weighted by atomic mass is 10.1. The molecule has 1 aliphatic rings. The van der Waals surface area contributed by atoms with Gasteiger partial charge in [-0.25, -0.2) is 8.78 Å². The minimum Gasteiger partial charge on any atom is -0.380 e. The second kappa shape index (κ2) is 5.37. The van der Waals surface area contributed by atoms with Gasteiger partial charge in [0, 0.05) is 24.8 Å². The third-order valence-corrected chi connectivity index (χ3v) is 2.73. The summed E-state index contributed by atoms with van der Waals surface area (Å²) in [6.45, 7) is 2.12. The number of rotatable bonds is 4. The maximum Gasteiger partial charge on any atom is 0.263 e. The van der Waals surface area contributed by atoms with E-state index in [1.165, 1.54) is 6.07 Å². The van der Waals surface area contributed by atoms with Crippen molar-refractivity contribution in [3.05, 3.63) is 35.4 Å². The SMILES string of the molecule is FC(F)c1cccc(CNC2CCOC2)c1. The zero-order chi connectivity index (χ0) is 11.4. The fourth-order valence-electron chi connectivity index (χ4n) is 1.80. The largest absolute Gasteiger partial charge is 0.380 e. The average molecular weight is 227 g/mol. The van der Waals surface area contributed by atoms with Crippen molar-refractivity contribution in [2.45, 2.75) is 25.4 Å². The predicted molar refractivity (Wildman–Crippen MR) is 57.5 cm³/mol. The van der Waals surface area contributed by atoms with E-state index in [0.29, 0.717) is 19.2 Å². The molecule has 0 spiro atoms. The summed E-state index contributed by atoms with van der Waals surface area (Å²) in [7, 11) is 0. The van der Waals surface area contributed by atoms with Crippen LogP contribution in [-0.4, -0.2) is 19.3 Å². The van der Waals surface area contributed by atoms with E-state index in [4.69, 9.17) is 4.74 Å². The van der Waals surface area contributed by atoms with Crippen molar-refractivity contribution in [2.75, 3.05) is 13.2 Å².